The van der Waals surface area contributed by atoms with Crippen molar-refractivity contribution in [3.8, 4) is 0 Å². The number of hydrogen-bond donors (Lipinski definition) is 2. The first-order chi connectivity index (χ1) is 11.6. The Morgan fingerprint density at radius 3 is 2.92 bits per heavy atom. The van der Waals surface area contributed by atoms with Crippen LogP contribution in [0.5, 0.6) is 0 Å². The van der Waals surface area contributed by atoms with Gasteiger partial charge in [-0.3, -0.25) is 4.79 Å². The minimum atomic E-state index is -0.240. The fourth-order valence-electron chi connectivity index (χ4n) is 2.63. The van der Waals surface area contributed by atoms with E-state index in [-0.39, 0.29) is 11.2 Å². The molecule has 0 saturated carbocycles. The van der Waals surface area contributed by atoms with Gasteiger partial charge in [0.1, 0.15) is 0 Å². The summed E-state index contributed by atoms with van der Waals surface area (Å²) in [7, 11) is 0. The number of benzene rings is 1. The molecule has 1 fully saturated rings. The summed E-state index contributed by atoms with van der Waals surface area (Å²) < 4.78 is 0. The Hall–Kier alpha value is -1.08. The number of carbonyl (C=O) groups excluding carboxylic acids is 1. The summed E-state index contributed by atoms with van der Waals surface area (Å²) >= 11 is 9.20. The van der Waals surface area contributed by atoms with Gasteiger partial charge in [0.25, 0.3) is 0 Å². The maximum atomic E-state index is 12.4. The smallest absolute Gasteiger partial charge is 0.239 e. The number of amides is 1. The summed E-state index contributed by atoms with van der Waals surface area (Å²) in [4.78, 5) is 18.9. The average Bonchev–Trinajstić information content (AvgIpc) is 3.06. The maximum absolute atomic E-state index is 12.4. The van der Waals surface area contributed by atoms with Gasteiger partial charge in [-0.15, -0.1) is 23.1 Å². The molecule has 7 heteroatoms. The molecular weight excluding hydrogens is 362 g/mol. The van der Waals surface area contributed by atoms with E-state index in [4.69, 9.17) is 11.6 Å². The van der Waals surface area contributed by atoms with Crippen LogP contribution in [0.3, 0.4) is 0 Å². The minimum Gasteiger partial charge on any atom is -0.317 e. The van der Waals surface area contributed by atoms with Crippen LogP contribution in [0.25, 0.3) is 0 Å². The molecular formula is C17H20ClN3OS2. The quantitative estimate of drug-likeness (QED) is 0.754. The Balaban J connectivity index is 1.58. The normalized spacial score (nSPS) is 16.8. The number of nitrogens with one attached hydrogen (secondary N) is 2. The second-order valence-corrected chi connectivity index (χ2v) is 8.62. The van der Waals surface area contributed by atoms with Crippen molar-refractivity contribution in [3.05, 3.63) is 40.4 Å². The highest BCUT2D eigenvalue weighted by Gasteiger charge is 2.20. The lowest BCUT2D eigenvalue weighted by atomic mass is 9.97. The molecule has 1 aromatic carbocycles. The monoisotopic (exact) mass is 381 g/mol. The van der Waals surface area contributed by atoms with Gasteiger partial charge in [-0.2, -0.15) is 0 Å². The topological polar surface area (TPSA) is 54.0 Å². The molecule has 2 heterocycles. The first kappa shape index (κ1) is 17.7. The molecule has 0 aliphatic carbocycles. The molecule has 1 atom stereocenters. The van der Waals surface area contributed by atoms with Gasteiger partial charge in [-0.25, -0.2) is 4.98 Å². The van der Waals surface area contributed by atoms with Crippen LogP contribution < -0.4 is 10.6 Å². The third kappa shape index (κ3) is 4.51. The molecule has 1 saturated heterocycles. The van der Waals surface area contributed by atoms with Crippen LogP contribution in [0.15, 0.2) is 35.4 Å². The second kappa shape index (κ2) is 8.34. The Kier molecular flexibility index (Phi) is 6.16. The van der Waals surface area contributed by atoms with Gasteiger partial charge in [-0.05, 0) is 50.9 Å². The molecule has 24 heavy (non-hydrogen) atoms. The van der Waals surface area contributed by atoms with Crippen molar-refractivity contribution in [2.75, 3.05) is 18.4 Å². The molecule has 1 aromatic heterocycles. The van der Waals surface area contributed by atoms with Gasteiger partial charge in [0.2, 0.25) is 5.91 Å². The van der Waals surface area contributed by atoms with Gasteiger partial charge in [0, 0.05) is 16.0 Å². The number of nitrogens with zero attached hydrogens (tertiary/aromatic N) is 1. The van der Waals surface area contributed by atoms with E-state index in [1.807, 2.05) is 37.4 Å². The summed E-state index contributed by atoms with van der Waals surface area (Å²) in [5.41, 5.74) is 0. The zero-order chi connectivity index (χ0) is 16.9. The van der Waals surface area contributed by atoms with Crippen molar-refractivity contribution in [2.45, 2.75) is 35.8 Å². The molecule has 2 aromatic rings. The van der Waals surface area contributed by atoms with Gasteiger partial charge < -0.3 is 10.6 Å². The standard InChI is InChI=1S/C17H20ClN3OS2/c1-11(23-14-5-3-2-4-13(14)18)16(22)21-17-20-10-15(24-17)12-6-8-19-9-7-12/h2-5,10-12,19H,6-9H2,1H3,(H,20,21,22). The molecule has 4 nitrogen and oxygen atoms in total. The molecule has 128 valence electrons. The highest BCUT2D eigenvalue weighted by Crippen LogP contribution is 2.33. The molecule has 0 spiro atoms. The average molecular weight is 382 g/mol. The summed E-state index contributed by atoms with van der Waals surface area (Å²) in [6.45, 7) is 3.98. The number of thiazole rings is 1. The molecule has 0 bridgehead atoms. The first-order valence-corrected chi connectivity index (χ1v) is 10.1. The van der Waals surface area contributed by atoms with Crippen LogP contribution in [-0.4, -0.2) is 29.2 Å². The van der Waals surface area contributed by atoms with Crippen LogP contribution in [-0.2, 0) is 4.79 Å². The molecule has 1 aliphatic rings. The zero-order valence-electron chi connectivity index (χ0n) is 13.4. The summed E-state index contributed by atoms with van der Waals surface area (Å²) in [6, 6.07) is 7.57. The van der Waals surface area contributed by atoms with Crippen molar-refractivity contribution in [2.24, 2.45) is 0 Å². The third-order valence-corrected chi connectivity index (χ3v) is 6.70. The summed E-state index contributed by atoms with van der Waals surface area (Å²) in [5, 5.41) is 7.41. The van der Waals surface area contributed by atoms with E-state index in [0.717, 1.165) is 30.8 Å². The minimum absolute atomic E-state index is 0.0499. The number of anilines is 1. The Labute approximate surface area is 155 Å². The van der Waals surface area contributed by atoms with E-state index in [2.05, 4.69) is 15.6 Å². The van der Waals surface area contributed by atoms with Gasteiger partial charge >= 0.3 is 0 Å². The molecule has 1 unspecified atom stereocenters. The highest BCUT2D eigenvalue weighted by atomic mass is 35.5. The largest absolute Gasteiger partial charge is 0.317 e. The Bertz CT molecular complexity index is 701. The summed E-state index contributed by atoms with van der Waals surface area (Å²) in [5.74, 6) is 0.510. The van der Waals surface area contributed by atoms with Crippen molar-refractivity contribution < 1.29 is 4.79 Å². The van der Waals surface area contributed by atoms with Crippen molar-refractivity contribution in [1.82, 2.24) is 10.3 Å². The van der Waals surface area contributed by atoms with E-state index in [1.165, 1.54) is 16.6 Å². The maximum Gasteiger partial charge on any atom is 0.239 e. The number of halogens is 1. The van der Waals surface area contributed by atoms with Gasteiger partial charge in [0.15, 0.2) is 5.13 Å². The van der Waals surface area contributed by atoms with Crippen LogP contribution in [0.1, 0.15) is 30.6 Å². The lowest BCUT2D eigenvalue weighted by Crippen LogP contribution is -2.26. The summed E-state index contributed by atoms with van der Waals surface area (Å²) in [6.07, 6.45) is 4.17. The van der Waals surface area contributed by atoms with E-state index in [9.17, 15) is 4.79 Å². The van der Waals surface area contributed by atoms with Gasteiger partial charge in [-0.1, -0.05) is 23.7 Å². The van der Waals surface area contributed by atoms with Crippen LogP contribution >= 0.6 is 34.7 Å². The first-order valence-electron chi connectivity index (χ1n) is 8.02. The lowest BCUT2D eigenvalue weighted by molar-refractivity contribution is -0.115. The van der Waals surface area contributed by atoms with E-state index in [1.54, 1.807) is 11.3 Å². The molecule has 2 N–H and O–H groups in total. The number of rotatable bonds is 5. The predicted molar refractivity (Wildman–Crippen MR) is 102 cm³/mol. The van der Waals surface area contributed by atoms with Crippen molar-refractivity contribution >= 4 is 45.7 Å². The van der Waals surface area contributed by atoms with E-state index < -0.39 is 0 Å². The predicted octanol–water partition coefficient (Wildman–Crippen LogP) is 4.38. The lowest BCUT2D eigenvalue weighted by Gasteiger charge is -2.20. The fraction of sp³-hybridized carbons (Fsp3) is 0.412. The number of thioether (sulfide) groups is 1. The van der Waals surface area contributed by atoms with Crippen LogP contribution in [0.2, 0.25) is 5.02 Å². The molecule has 1 amide bonds. The van der Waals surface area contributed by atoms with Crippen LogP contribution in [0.4, 0.5) is 5.13 Å². The molecule has 3 rings (SSSR count). The zero-order valence-corrected chi connectivity index (χ0v) is 15.8. The fourth-order valence-corrected chi connectivity index (χ4v) is 4.77. The third-order valence-electron chi connectivity index (χ3n) is 4.00. The second-order valence-electron chi connectivity index (χ2n) is 5.77. The number of piperidine rings is 1. The number of hydrogen-bond acceptors (Lipinski definition) is 5. The van der Waals surface area contributed by atoms with Crippen LogP contribution in [0, 0.1) is 0 Å². The van der Waals surface area contributed by atoms with E-state index in [0.29, 0.717) is 16.1 Å². The Morgan fingerprint density at radius 2 is 2.17 bits per heavy atom. The molecule has 0 radical (unpaired) electrons. The number of aromatic nitrogens is 1. The van der Waals surface area contributed by atoms with Gasteiger partial charge in [0.05, 0.1) is 10.3 Å². The highest BCUT2D eigenvalue weighted by molar-refractivity contribution is 8.00. The van der Waals surface area contributed by atoms with Crippen molar-refractivity contribution in [1.29, 1.82) is 0 Å². The van der Waals surface area contributed by atoms with Crippen molar-refractivity contribution in [3.63, 3.8) is 0 Å². The van der Waals surface area contributed by atoms with E-state index >= 15 is 0 Å². The Morgan fingerprint density at radius 1 is 1.42 bits per heavy atom. The SMILES string of the molecule is CC(Sc1ccccc1Cl)C(=O)Nc1ncc(C2CCNCC2)s1. The number of carbonyl (C=O) groups is 1. The molecule has 1 aliphatic heterocycles.